The van der Waals surface area contributed by atoms with Gasteiger partial charge in [0.15, 0.2) is 0 Å². The Kier molecular flexibility index (Phi) is 6.45. The molecule has 1 aliphatic heterocycles. The molecule has 0 unspecified atom stereocenters. The summed E-state index contributed by atoms with van der Waals surface area (Å²) in [5.41, 5.74) is 0. The Balaban J connectivity index is 1.75. The van der Waals surface area contributed by atoms with E-state index in [9.17, 15) is 9.59 Å². The van der Waals surface area contributed by atoms with Crippen LogP contribution < -0.4 is 5.32 Å². The van der Waals surface area contributed by atoms with Gasteiger partial charge in [-0.25, -0.2) is 0 Å². The van der Waals surface area contributed by atoms with Crippen LogP contribution in [-0.4, -0.2) is 59.9 Å². The molecular formula is C18H33N3O2. The van der Waals surface area contributed by atoms with Crippen molar-refractivity contribution in [2.45, 2.75) is 65.5 Å². The Hall–Kier alpha value is -1.10. The predicted molar refractivity (Wildman–Crippen MR) is 92.0 cm³/mol. The van der Waals surface area contributed by atoms with Crippen molar-refractivity contribution in [1.82, 2.24) is 15.1 Å². The Morgan fingerprint density at radius 3 is 1.96 bits per heavy atom. The molecule has 2 rings (SSSR count). The van der Waals surface area contributed by atoms with E-state index in [4.69, 9.17) is 0 Å². The minimum absolute atomic E-state index is 0.0339. The fourth-order valence-corrected chi connectivity index (χ4v) is 3.57. The zero-order valence-corrected chi connectivity index (χ0v) is 15.2. The first-order valence-electron chi connectivity index (χ1n) is 9.21. The van der Waals surface area contributed by atoms with Gasteiger partial charge in [-0.15, -0.1) is 0 Å². The van der Waals surface area contributed by atoms with Crippen LogP contribution in [0.1, 0.15) is 53.4 Å². The molecule has 132 valence electrons. The highest BCUT2D eigenvalue weighted by Crippen LogP contribution is 2.26. The summed E-state index contributed by atoms with van der Waals surface area (Å²) in [6, 6.07) is 0.819. The number of rotatable bonds is 4. The monoisotopic (exact) mass is 323 g/mol. The van der Waals surface area contributed by atoms with Crippen molar-refractivity contribution in [1.29, 1.82) is 0 Å². The minimum Gasteiger partial charge on any atom is -0.353 e. The largest absolute Gasteiger partial charge is 0.353 e. The predicted octanol–water partition coefficient (Wildman–Crippen LogP) is 1.87. The molecule has 2 aliphatic rings. The summed E-state index contributed by atoms with van der Waals surface area (Å²) in [5.74, 6) is 0.658. The van der Waals surface area contributed by atoms with Gasteiger partial charge in [0, 0.05) is 50.1 Å². The van der Waals surface area contributed by atoms with Gasteiger partial charge in [-0.05, 0) is 39.5 Å². The van der Waals surface area contributed by atoms with Crippen LogP contribution in [0.25, 0.3) is 0 Å². The standard InChI is InChI=1S/C18H33N3O2/c1-13(2)17(22)19-16-7-5-15(6-8-16)18(23)21-11-9-20(10-12-21)14(3)4/h13-16H,5-12H2,1-4H3,(H,19,22)/t15-,16-. The van der Waals surface area contributed by atoms with Gasteiger partial charge in [0.05, 0.1) is 0 Å². The molecular weight excluding hydrogens is 290 g/mol. The van der Waals surface area contributed by atoms with Crippen LogP contribution in [0.3, 0.4) is 0 Å². The number of amides is 2. The molecule has 2 fully saturated rings. The smallest absolute Gasteiger partial charge is 0.225 e. The molecule has 5 heteroatoms. The fourth-order valence-electron chi connectivity index (χ4n) is 3.57. The molecule has 0 bridgehead atoms. The van der Waals surface area contributed by atoms with E-state index >= 15 is 0 Å². The third kappa shape index (κ3) is 4.93. The number of nitrogens with one attached hydrogen (secondary N) is 1. The lowest BCUT2D eigenvalue weighted by molar-refractivity contribution is -0.138. The van der Waals surface area contributed by atoms with Crippen LogP contribution in [0.4, 0.5) is 0 Å². The van der Waals surface area contributed by atoms with Crippen LogP contribution in [0.15, 0.2) is 0 Å². The average Bonchev–Trinajstić information content (AvgIpc) is 2.55. The zero-order valence-electron chi connectivity index (χ0n) is 15.2. The summed E-state index contributed by atoms with van der Waals surface area (Å²) in [5, 5.41) is 3.11. The number of carbonyl (C=O) groups is 2. The third-order valence-corrected chi connectivity index (χ3v) is 5.30. The Morgan fingerprint density at radius 1 is 0.913 bits per heavy atom. The van der Waals surface area contributed by atoms with Crippen molar-refractivity contribution in [2.24, 2.45) is 11.8 Å². The zero-order chi connectivity index (χ0) is 17.0. The Bertz CT molecular complexity index is 406. The summed E-state index contributed by atoms with van der Waals surface area (Å²) in [6.07, 6.45) is 3.68. The van der Waals surface area contributed by atoms with Gasteiger partial charge in [0.2, 0.25) is 11.8 Å². The highest BCUT2D eigenvalue weighted by molar-refractivity contribution is 5.79. The van der Waals surface area contributed by atoms with E-state index in [2.05, 4.69) is 29.0 Å². The van der Waals surface area contributed by atoms with Gasteiger partial charge < -0.3 is 10.2 Å². The summed E-state index contributed by atoms with van der Waals surface area (Å²) < 4.78 is 0. The Labute approximate surface area is 140 Å². The number of piperazine rings is 1. The first-order valence-corrected chi connectivity index (χ1v) is 9.21. The quantitative estimate of drug-likeness (QED) is 0.859. The summed E-state index contributed by atoms with van der Waals surface area (Å²) in [4.78, 5) is 28.9. The van der Waals surface area contributed by atoms with Gasteiger partial charge in [0.25, 0.3) is 0 Å². The number of hydrogen-bond donors (Lipinski definition) is 1. The first kappa shape index (κ1) is 18.2. The second-order valence-corrected chi connectivity index (χ2v) is 7.67. The van der Waals surface area contributed by atoms with Crippen molar-refractivity contribution in [3.05, 3.63) is 0 Å². The van der Waals surface area contributed by atoms with Gasteiger partial charge in [-0.3, -0.25) is 14.5 Å². The van der Waals surface area contributed by atoms with E-state index in [1.54, 1.807) is 0 Å². The normalized spacial score (nSPS) is 26.6. The lowest BCUT2D eigenvalue weighted by atomic mass is 9.85. The number of carbonyl (C=O) groups excluding carboxylic acids is 2. The summed E-state index contributed by atoms with van der Waals surface area (Å²) in [6.45, 7) is 12.0. The second-order valence-electron chi connectivity index (χ2n) is 7.67. The topological polar surface area (TPSA) is 52.7 Å². The van der Waals surface area contributed by atoms with Gasteiger partial charge >= 0.3 is 0 Å². The van der Waals surface area contributed by atoms with Crippen molar-refractivity contribution in [3.8, 4) is 0 Å². The Morgan fingerprint density at radius 2 is 1.48 bits per heavy atom. The molecule has 23 heavy (non-hydrogen) atoms. The molecule has 0 spiro atoms. The molecule has 0 aromatic rings. The minimum atomic E-state index is 0.0339. The molecule has 1 aliphatic carbocycles. The van der Waals surface area contributed by atoms with Crippen molar-refractivity contribution < 1.29 is 9.59 Å². The van der Waals surface area contributed by atoms with E-state index in [1.807, 2.05) is 13.8 Å². The molecule has 5 nitrogen and oxygen atoms in total. The van der Waals surface area contributed by atoms with Gasteiger partial charge in [-0.1, -0.05) is 13.8 Å². The second kappa shape index (κ2) is 8.13. The lowest BCUT2D eigenvalue weighted by Crippen LogP contribution is -2.52. The van der Waals surface area contributed by atoms with E-state index < -0.39 is 0 Å². The molecule has 2 amide bonds. The van der Waals surface area contributed by atoms with E-state index in [0.717, 1.165) is 51.9 Å². The van der Waals surface area contributed by atoms with Crippen LogP contribution in [-0.2, 0) is 9.59 Å². The molecule has 1 N–H and O–H groups in total. The van der Waals surface area contributed by atoms with Crippen molar-refractivity contribution in [3.63, 3.8) is 0 Å². The molecule has 0 radical (unpaired) electrons. The SMILES string of the molecule is CC(C)C(=O)N[C@H]1CC[C@H](C(=O)N2CCN(C(C)C)CC2)CC1. The molecule has 0 atom stereocenters. The molecule has 1 saturated heterocycles. The lowest BCUT2D eigenvalue weighted by Gasteiger charge is -2.39. The molecule has 0 aromatic heterocycles. The van der Waals surface area contributed by atoms with Crippen LogP contribution in [0.5, 0.6) is 0 Å². The highest BCUT2D eigenvalue weighted by Gasteiger charge is 2.31. The first-order chi connectivity index (χ1) is 10.9. The number of nitrogens with zero attached hydrogens (tertiary/aromatic N) is 2. The molecule has 1 saturated carbocycles. The van der Waals surface area contributed by atoms with Crippen molar-refractivity contribution in [2.75, 3.05) is 26.2 Å². The van der Waals surface area contributed by atoms with E-state index in [-0.39, 0.29) is 23.8 Å². The van der Waals surface area contributed by atoms with Gasteiger partial charge in [-0.2, -0.15) is 0 Å². The maximum Gasteiger partial charge on any atom is 0.225 e. The van der Waals surface area contributed by atoms with E-state index in [0.29, 0.717) is 11.9 Å². The van der Waals surface area contributed by atoms with E-state index in [1.165, 1.54) is 0 Å². The van der Waals surface area contributed by atoms with Crippen LogP contribution in [0.2, 0.25) is 0 Å². The fraction of sp³-hybridized carbons (Fsp3) is 0.889. The summed E-state index contributed by atoms with van der Waals surface area (Å²) in [7, 11) is 0. The van der Waals surface area contributed by atoms with Crippen LogP contribution >= 0.6 is 0 Å². The third-order valence-electron chi connectivity index (χ3n) is 5.30. The maximum absolute atomic E-state index is 12.7. The average molecular weight is 323 g/mol. The summed E-state index contributed by atoms with van der Waals surface area (Å²) >= 11 is 0. The highest BCUT2D eigenvalue weighted by atomic mass is 16.2. The van der Waals surface area contributed by atoms with Crippen LogP contribution in [0, 0.1) is 11.8 Å². The number of hydrogen-bond acceptors (Lipinski definition) is 3. The van der Waals surface area contributed by atoms with Gasteiger partial charge in [0.1, 0.15) is 0 Å². The molecule has 0 aromatic carbocycles. The molecule has 1 heterocycles. The van der Waals surface area contributed by atoms with Crippen molar-refractivity contribution >= 4 is 11.8 Å². The maximum atomic E-state index is 12.7.